The Balaban J connectivity index is 2.62. The van der Waals surface area contributed by atoms with E-state index in [4.69, 9.17) is 0 Å². The molecule has 5 heteroatoms. The summed E-state index contributed by atoms with van der Waals surface area (Å²) in [5, 5.41) is 9.93. The van der Waals surface area contributed by atoms with Crippen LogP contribution in [0.2, 0.25) is 0 Å². The number of nitrogens with zero attached hydrogens (tertiary/aromatic N) is 1. The molecule has 0 bridgehead atoms. The second-order valence-electron chi connectivity index (χ2n) is 6.31. The maximum absolute atomic E-state index is 13.7. The zero-order chi connectivity index (χ0) is 18.1. The lowest BCUT2D eigenvalue weighted by Crippen LogP contribution is -2.50. The number of carbonyl (C=O) groups is 1. The number of carboxylic acids is 1. The van der Waals surface area contributed by atoms with Crippen molar-refractivity contribution in [2.45, 2.75) is 25.8 Å². The molecule has 3 nitrogen and oxygen atoms in total. The van der Waals surface area contributed by atoms with Gasteiger partial charge in [0.1, 0.15) is 17.2 Å². The van der Waals surface area contributed by atoms with Crippen LogP contribution >= 0.6 is 0 Å². The quantitative estimate of drug-likeness (QED) is 0.908. The van der Waals surface area contributed by atoms with Crippen LogP contribution in [0.3, 0.4) is 0 Å². The summed E-state index contributed by atoms with van der Waals surface area (Å²) >= 11 is 0. The van der Waals surface area contributed by atoms with Crippen molar-refractivity contribution in [2.75, 3.05) is 14.1 Å². The Labute approximate surface area is 140 Å². The smallest absolute Gasteiger partial charge is 0.329 e. The minimum absolute atomic E-state index is 0.0794. The van der Waals surface area contributed by atoms with Gasteiger partial charge in [0.2, 0.25) is 0 Å². The minimum Gasteiger partial charge on any atom is -0.480 e. The normalized spacial score (nSPS) is 13.8. The van der Waals surface area contributed by atoms with Crippen LogP contribution in [-0.4, -0.2) is 30.1 Å². The Kier molecular flexibility index (Phi) is 5.04. The topological polar surface area (TPSA) is 40.5 Å². The fraction of sp³-hybridized carbons (Fsp3) is 0.316. The molecule has 0 amide bonds. The molecule has 2 rings (SSSR count). The molecule has 0 aromatic heterocycles. The van der Waals surface area contributed by atoms with Crippen molar-refractivity contribution < 1.29 is 18.7 Å². The van der Waals surface area contributed by atoms with Crippen molar-refractivity contribution in [2.24, 2.45) is 0 Å². The van der Waals surface area contributed by atoms with Gasteiger partial charge in [-0.1, -0.05) is 18.2 Å². The molecule has 0 aliphatic carbocycles. The van der Waals surface area contributed by atoms with Gasteiger partial charge in [0.05, 0.1) is 0 Å². The fourth-order valence-electron chi connectivity index (χ4n) is 2.91. The van der Waals surface area contributed by atoms with Gasteiger partial charge in [0.15, 0.2) is 0 Å². The summed E-state index contributed by atoms with van der Waals surface area (Å²) in [6.45, 7) is 3.91. The third-order valence-corrected chi connectivity index (χ3v) is 4.49. The zero-order valence-electron chi connectivity index (χ0n) is 14.2. The third-order valence-electron chi connectivity index (χ3n) is 4.49. The van der Waals surface area contributed by atoms with Gasteiger partial charge in [-0.3, -0.25) is 4.90 Å². The standard InChI is InChI=1S/C19H21F2NO2/c1-12-5-6-14(7-13(12)2)11-19(18(23)24,22(3)4)15-8-16(20)10-17(21)9-15/h5-10H,11H2,1-4H3,(H,23,24). The van der Waals surface area contributed by atoms with E-state index in [0.29, 0.717) is 0 Å². The molecule has 24 heavy (non-hydrogen) atoms. The zero-order valence-corrected chi connectivity index (χ0v) is 14.2. The summed E-state index contributed by atoms with van der Waals surface area (Å²) in [5.41, 5.74) is 1.44. The molecule has 0 saturated heterocycles. The molecule has 0 fully saturated rings. The molecule has 1 unspecified atom stereocenters. The molecule has 0 radical (unpaired) electrons. The molecule has 0 spiro atoms. The van der Waals surface area contributed by atoms with Crippen molar-refractivity contribution in [1.82, 2.24) is 4.90 Å². The molecule has 1 N–H and O–H groups in total. The van der Waals surface area contributed by atoms with E-state index in [0.717, 1.165) is 34.9 Å². The first-order valence-electron chi connectivity index (χ1n) is 7.60. The highest BCUT2D eigenvalue weighted by Gasteiger charge is 2.43. The highest BCUT2D eigenvalue weighted by molar-refractivity contribution is 5.81. The molecule has 0 aliphatic rings. The number of carboxylic acid groups (broad SMARTS) is 1. The molecule has 1 atom stereocenters. The maximum atomic E-state index is 13.7. The second-order valence-corrected chi connectivity index (χ2v) is 6.31. The average molecular weight is 333 g/mol. The Bertz CT molecular complexity index is 754. The first-order valence-corrected chi connectivity index (χ1v) is 7.60. The third kappa shape index (κ3) is 3.31. The Morgan fingerprint density at radius 2 is 1.62 bits per heavy atom. The largest absolute Gasteiger partial charge is 0.480 e. The van der Waals surface area contributed by atoms with E-state index in [1.807, 2.05) is 32.0 Å². The van der Waals surface area contributed by atoms with Crippen LogP contribution in [0.5, 0.6) is 0 Å². The molecule has 0 heterocycles. The van der Waals surface area contributed by atoms with E-state index in [1.54, 1.807) is 14.1 Å². The number of likely N-dealkylation sites (N-methyl/N-ethyl adjacent to an activating group) is 1. The van der Waals surface area contributed by atoms with Crippen LogP contribution in [0, 0.1) is 25.5 Å². The maximum Gasteiger partial charge on any atom is 0.329 e. The number of halogens is 2. The molecule has 0 saturated carbocycles. The molecular formula is C19H21F2NO2. The summed E-state index contributed by atoms with van der Waals surface area (Å²) in [5.74, 6) is -2.74. The van der Waals surface area contributed by atoms with Crippen LogP contribution in [0.4, 0.5) is 8.78 Å². The number of rotatable bonds is 5. The van der Waals surface area contributed by atoms with Crippen LogP contribution in [-0.2, 0) is 16.8 Å². The van der Waals surface area contributed by atoms with E-state index in [2.05, 4.69) is 0 Å². The van der Waals surface area contributed by atoms with Crippen molar-refractivity contribution in [1.29, 1.82) is 0 Å². The van der Waals surface area contributed by atoms with Gasteiger partial charge in [-0.25, -0.2) is 13.6 Å². The highest BCUT2D eigenvalue weighted by atomic mass is 19.1. The first-order chi connectivity index (χ1) is 11.2. The van der Waals surface area contributed by atoms with Gasteiger partial charge in [0, 0.05) is 12.5 Å². The van der Waals surface area contributed by atoms with Crippen molar-refractivity contribution in [3.05, 3.63) is 70.3 Å². The lowest BCUT2D eigenvalue weighted by molar-refractivity contribution is -0.150. The van der Waals surface area contributed by atoms with E-state index in [1.165, 1.54) is 4.90 Å². The predicted octanol–water partition coefficient (Wildman–Crippen LogP) is 3.67. The van der Waals surface area contributed by atoms with Gasteiger partial charge in [-0.15, -0.1) is 0 Å². The number of hydrogen-bond acceptors (Lipinski definition) is 2. The van der Waals surface area contributed by atoms with Crippen molar-refractivity contribution in [3.8, 4) is 0 Å². The molecule has 0 aliphatic heterocycles. The Hall–Kier alpha value is -2.27. The van der Waals surface area contributed by atoms with Gasteiger partial charge >= 0.3 is 5.97 Å². The van der Waals surface area contributed by atoms with Crippen LogP contribution in [0.1, 0.15) is 22.3 Å². The van der Waals surface area contributed by atoms with Gasteiger partial charge in [-0.05, 0) is 62.3 Å². The highest BCUT2D eigenvalue weighted by Crippen LogP contribution is 2.33. The molecule has 128 valence electrons. The second kappa shape index (κ2) is 6.69. The SMILES string of the molecule is Cc1ccc(CC(C(=O)O)(c2cc(F)cc(F)c2)N(C)C)cc1C. The average Bonchev–Trinajstić information content (AvgIpc) is 2.46. The van der Waals surface area contributed by atoms with Crippen molar-refractivity contribution >= 4 is 5.97 Å². The predicted molar refractivity (Wildman–Crippen MR) is 89.0 cm³/mol. The summed E-state index contributed by atoms with van der Waals surface area (Å²) in [7, 11) is 3.19. The number of hydrogen-bond donors (Lipinski definition) is 1. The summed E-state index contributed by atoms with van der Waals surface area (Å²) in [6, 6.07) is 8.57. The summed E-state index contributed by atoms with van der Waals surface area (Å²) in [6.07, 6.45) is 0.0966. The van der Waals surface area contributed by atoms with Gasteiger partial charge in [0.25, 0.3) is 0 Å². The van der Waals surface area contributed by atoms with Crippen LogP contribution in [0.15, 0.2) is 36.4 Å². The van der Waals surface area contributed by atoms with Gasteiger partial charge < -0.3 is 5.11 Å². The van der Waals surface area contributed by atoms with E-state index in [9.17, 15) is 18.7 Å². The van der Waals surface area contributed by atoms with Crippen LogP contribution < -0.4 is 0 Å². The number of aliphatic carboxylic acids is 1. The Morgan fingerprint density at radius 1 is 1.04 bits per heavy atom. The van der Waals surface area contributed by atoms with E-state index >= 15 is 0 Å². The first kappa shape index (κ1) is 18.1. The lowest BCUT2D eigenvalue weighted by atomic mass is 9.82. The van der Waals surface area contributed by atoms with Gasteiger partial charge in [-0.2, -0.15) is 0 Å². The molecule has 2 aromatic rings. The van der Waals surface area contributed by atoms with Crippen molar-refractivity contribution in [3.63, 3.8) is 0 Å². The van der Waals surface area contributed by atoms with E-state index < -0.39 is 23.1 Å². The summed E-state index contributed by atoms with van der Waals surface area (Å²) in [4.78, 5) is 13.6. The van der Waals surface area contributed by atoms with Crippen LogP contribution in [0.25, 0.3) is 0 Å². The Morgan fingerprint density at radius 3 is 2.08 bits per heavy atom. The van der Waals surface area contributed by atoms with E-state index in [-0.39, 0.29) is 12.0 Å². The summed E-state index contributed by atoms with van der Waals surface area (Å²) < 4.78 is 27.4. The lowest BCUT2D eigenvalue weighted by Gasteiger charge is -2.36. The number of aryl methyl sites for hydroxylation is 2. The monoisotopic (exact) mass is 333 g/mol. The number of benzene rings is 2. The fourth-order valence-corrected chi connectivity index (χ4v) is 2.91. The minimum atomic E-state index is -1.56. The molecule has 2 aromatic carbocycles. The molecular weight excluding hydrogens is 312 g/mol.